The van der Waals surface area contributed by atoms with Crippen LogP contribution in [0.15, 0.2) is 78.9 Å². The molecule has 0 aromatic heterocycles. The number of fused-ring (bicyclic) bond motifs is 2. The van der Waals surface area contributed by atoms with Crippen molar-refractivity contribution >= 4 is 29.4 Å². The highest BCUT2D eigenvalue weighted by atomic mass is 16.5. The maximum atomic E-state index is 13.9. The molecule has 4 amide bonds. The van der Waals surface area contributed by atoms with E-state index in [1.165, 1.54) is 0 Å². The zero-order chi connectivity index (χ0) is 29.2. The van der Waals surface area contributed by atoms with Gasteiger partial charge in [0.1, 0.15) is 17.8 Å². The number of carbonyl (C=O) groups is 5. The molecule has 0 bridgehead atoms. The molecule has 10 heteroatoms. The Kier molecular flexibility index (Phi) is 7.42. The Morgan fingerprint density at radius 2 is 1.56 bits per heavy atom. The fourth-order valence-corrected chi connectivity index (χ4v) is 5.65. The van der Waals surface area contributed by atoms with Crippen LogP contribution in [0.5, 0.6) is 5.75 Å². The summed E-state index contributed by atoms with van der Waals surface area (Å²) in [6, 6.07) is 22.7. The Morgan fingerprint density at radius 1 is 0.902 bits per heavy atom. The number of primary amides is 1. The number of nitrogens with zero attached hydrogens (tertiary/aromatic N) is 1. The number of hydrogen-bond donors (Lipinski definition) is 3. The van der Waals surface area contributed by atoms with E-state index >= 15 is 0 Å². The van der Waals surface area contributed by atoms with E-state index in [1.807, 2.05) is 36.4 Å². The number of rotatable bonds is 10. The summed E-state index contributed by atoms with van der Waals surface area (Å²) < 4.78 is 5.18. The van der Waals surface area contributed by atoms with Crippen LogP contribution < -0.4 is 21.1 Å². The molecule has 1 atom stereocenters. The number of benzene rings is 3. The molecule has 4 N–H and O–H groups in total. The van der Waals surface area contributed by atoms with Gasteiger partial charge in [0.05, 0.1) is 7.11 Å². The van der Waals surface area contributed by atoms with Crippen molar-refractivity contribution < 1.29 is 28.7 Å². The summed E-state index contributed by atoms with van der Waals surface area (Å²) in [5.74, 6) is -2.25. The molecule has 3 aromatic rings. The summed E-state index contributed by atoms with van der Waals surface area (Å²) in [7, 11) is 1.55. The second kappa shape index (κ2) is 11.0. The average Bonchev–Trinajstić information content (AvgIpc) is 3.39. The second-order valence-corrected chi connectivity index (χ2v) is 10.2. The third-order valence-electron chi connectivity index (χ3n) is 7.75. The lowest BCUT2D eigenvalue weighted by atomic mass is 9.87. The van der Waals surface area contributed by atoms with Gasteiger partial charge in [-0.1, -0.05) is 66.7 Å². The molecule has 41 heavy (non-hydrogen) atoms. The predicted octanol–water partition coefficient (Wildman–Crippen LogP) is 1.78. The highest BCUT2D eigenvalue weighted by Crippen LogP contribution is 2.55. The molecule has 2 aliphatic rings. The largest absolute Gasteiger partial charge is 0.497 e. The van der Waals surface area contributed by atoms with Crippen LogP contribution in [0.2, 0.25) is 0 Å². The van der Waals surface area contributed by atoms with E-state index < -0.39 is 46.9 Å². The first-order valence-electron chi connectivity index (χ1n) is 13.2. The number of Topliss-reactive ketones (excluding diaryl/α,β-unsaturated/α-hetero) is 2. The Labute approximate surface area is 236 Å². The van der Waals surface area contributed by atoms with E-state index in [9.17, 15) is 24.0 Å². The van der Waals surface area contributed by atoms with Crippen LogP contribution in [-0.4, -0.2) is 53.6 Å². The van der Waals surface area contributed by atoms with Crippen molar-refractivity contribution in [1.82, 2.24) is 15.5 Å². The third kappa shape index (κ3) is 4.98. The number of ether oxygens (including phenoxy) is 1. The molecule has 1 saturated carbocycles. The maximum absolute atomic E-state index is 13.9. The first-order chi connectivity index (χ1) is 19.7. The number of methoxy groups -OCH3 is 1. The summed E-state index contributed by atoms with van der Waals surface area (Å²) in [6.45, 7) is 0.166. The van der Waals surface area contributed by atoms with Crippen LogP contribution >= 0.6 is 0 Å². The van der Waals surface area contributed by atoms with E-state index in [2.05, 4.69) is 10.6 Å². The summed E-state index contributed by atoms with van der Waals surface area (Å²) in [5, 5.41) is 6.18. The highest BCUT2D eigenvalue weighted by Gasteiger charge is 2.80. The Bertz CT molecular complexity index is 1510. The average molecular weight is 555 g/mol. The van der Waals surface area contributed by atoms with Gasteiger partial charge >= 0.3 is 6.03 Å². The number of amides is 4. The molecule has 1 fully saturated rings. The minimum Gasteiger partial charge on any atom is -0.497 e. The van der Waals surface area contributed by atoms with Crippen LogP contribution in [-0.2, 0) is 44.0 Å². The van der Waals surface area contributed by atoms with Gasteiger partial charge in [0, 0.05) is 19.5 Å². The number of imide groups is 1. The van der Waals surface area contributed by atoms with E-state index in [1.54, 1.807) is 49.6 Å². The van der Waals surface area contributed by atoms with Crippen molar-refractivity contribution in [1.29, 1.82) is 0 Å². The minimum atomic E-state index is -1.62. The fourth-order valence-electron chi connectivity index (χ4n) is 5.65. The third-order valence-corrected chi connectivity index (χ3v) is 7.75. The topological polar surface area (TPSA) is 148 Å². The molecule has 5 rings (SSSR count). The lowest BCUT2D eigenvalue weighted by Crippen LogP contribution is -2.68. The number of carbonyl (C=O) groups excluding carboxylic acids is 5. The summed E-state index contributed by atoms with van der Waals surface area (Å²) in [5.41, 5.74) is 5.09. The quantitative estimate of drug-likeness (QED) is 0.197. The lowest BCUT2D eigenvalue weighted by molar-refractivity contribution is -0.132. The molecular weight excluding hydrogens is 524 g/mol. The smallest absolute Gasteiger partial charge is 0.325 e. The fraction of sp³-hybridized carbons (Fsp3) is 0.258. The summed E-state index contributed by atoms with van der Waals surface area (Å²) >= 11 is 0. The number of ketones is 2. The van der Waals surface area contributed by atoms with Gasteiger partial charge in [-0.15, -0.1) is 0 Å². The Morgan fingerprint density at radius 3 is 2.20 bits per heavy atom. The van der Waals surface area contributed by atoms with Gasteiger partial charge in [-0.3, -0.25) is 29.4 Å². The first-order valence-corrected chi connectivity index (χ1v) is 13.2. The van der Waals surface area contributed by atoms with Gasteiger partial charge in [0.15, 0.2) is 5.41 Å². The summed E-state index contributed by atoms with van der Waals surface area (Å²) in [4.78, 5) is 65.8. The van der Waals surface area contributed by atoms with Crippen molar-refractivity contribution in [2.45, 2.75) is 36.9 Å². The van der Waals surface area contributed by atoms with Crippen LogP contribution in [0.4, 0.5) is 4.79 Å². The van der Waals surface area contributed by atoms with Crippen LogP contribution in [0.3, 0.4) is 0 Å². The van der Waals surface area contributed by atoms with Gasteiger partial charge in [0.25, 0.3) is 0 Å². The monoisotopic (exact) mass is 554 g/mol. The van der Waals surface area contributed by atoms with Crippen LogP contribution in [0.1, 0.15) is 28.7 Å². The van der Waals surface area contributed by atoms with E-state index in [0.717, 1.165) is 21.6 Å². The van der Waals surface area contributed by atoms with E-state index in [-0.39, 0.29) is 25.9 Å². The molecule has 0 unspecified atom stereocenters. The van der Waals surface area contributed by atoms with Gasteiger partial charge in [0.2, 0.25) is 23.4 Å². The SMILES string of the molecule is COc1ccc(CCN(C(=O)CC(N)=O)C(=O)N[C@@]2(NCc3ccccc3)Cc3ccccc3C23C(=O)C3=O)cc1. The van der Waals surface area contributed by atoms with E-state index in [0.29, 0.717) is 11.3 Å². The maximum Gasteiger partial charge on any atom is 0.325 e. The molecule has 2 aliphatic carbocycles. The molecular formula is C31H30N4O6. The second-order valence-electron chi connectivity index (χ2n) is 10.2. The molecule has 0 heterocycles. The van der Waals surface area contributed by atoms with Crippen LogP contribution in [0, 0.1) is 0 Å². The molecule has 0 radical (unpaired) electrons. The van der Waals surface area contributed by atoms with Gasteiger partial charge in [-0.25, -0.2) is 4.79 Å². The summed E-state index contributed by atoms with van der Waals surface area (Å²) in [6.07, 6.45) is -0.255. The number of urea groups is 1. The predicted molar refractivity (Wildman–Crippen MR) is 149 cm³/mol. The normalized spacial score (nSPS) is 18.1. The molecule has 10 nitrogen and oxygen atoms in total. The number of nitrogens with two attached hydrogens (primary N) is 1. The lowest BCUT2D eigenvalue weighted by Gasteiger charge is -2.37. The molecule has 3 aromatic carbocycles. The van der Waals surface area contributed by atoms with E-state index in [4.69, 9.17) is 10.5 Å². The zero-order valence-corrected chi connectivity index (χ0v) is 22.5. The van der Waals surface area contributed by atoms with Gasteiger partial charge in [-0.05, 0) is 40.8 Å². The van der Waals surface area contributed by atoms with Crippen molar-refractivity contribution in [3.63, 3.8) is 0 Å². The Hall–Kier alpha value is -4.83. The zero-order valence-electron chi connectivity index (χ0n) is 22.5. The van der Waals surface area contributed by atoms with Crippen LogP contribution in [0.25, 0.3) is 0 Å². The van der Waals surface area contributed by atoms with Gasteiger partial charge in [-0.2, -0.15) is 0 Å². The highest BCUT2D eigenvalue weighted by molar-refractivity contribution is 6.67. The number of hydrogen-bond acceptors (Lipinski definition) is 7. The van der Waals surface area contributed by atoms with Gasteiger partial charge < -0.3 is 15.8 Å². The first kappa shape index (κ1) is 27.7. The van der Waals surface area contributed by atoms with Crippen molar-refractivity contribution in [2.24, 2.45) is 5.73 Å². The number of nitrogens with one attached hydrogen (secondary N) is 2. The molecule has 0 aliphatic heterocycles. The molecule has 0 saturated heterocycles. The van der Waals surface area contributed by atoms with Crippen molar-refractivity contribution in [3.8, 4) is 5.75 Å². The van der Waals surface area contributed by atoms with Crippen molar-refractivity contribution in [3.05, 3.63) is 101 Å². The Balaban J connectivity index is 1.47. The standard InChI is InChI=1S/C31H30N4O6/c1-41-23-13-11-20(12-14-23)15-16-35(26(37)17-25(32)36)29(40)34-30(33-19-21-7-3-2-4-8-21)18-22-9-5-6-10-24(22)31(30)27(38)28(31)39/h2-14,33H,15-19H2,1H3,(H2,32,36)(H,34,40)/t30-/m0/s1. The molecule has 1 spiro atoms. The minimum absolute atomic E-state index is 0.0686. The van der Waals surface area contributed by atoms with Crippen molar-refractivity contribution in [2.75, 3.05) is 13.7 Å². The molecule has 210 valence electrons.